The average molecular weight is 317 g/mol. The van der Waals surface area contributed by atoms with Gasteiger partial charge in [-0.2, -0.15) is 4.31 Å². The van der Waals surface area contributed by atoms with Crippen LogP contribution < -0.4 is 5.73 Å². The third-order valence-electron chi connectivity index (χ3n) is 2.51. The molecule has 1 heterocycles. The van der Waals surface area contributed by atoms with Crippen molar-refractivity contribution in [2.45, 2.75) is 11.8 Å². The maximum Gasteiger partial charge on any atom is 0.321 e. The summed E-state index contributed by atoms with van der Waals surface area (Å²) in [5.74, 6) is -0.656. The van der Waals surface area contributed by atoms with Crippen LogP contribution in [-0.2, 0) is 19.6 Å². The molecule has 20 heavy (non-hydrogen) atoms. The first kappa shape index (κ1) is 16.5. The molecule has 0 bridgehead atoms. The molecule has 7 nitrogen and oxygen atoms in total. The number of carbonyl (C=O) groups is 1. The minimum Gasteiger partial charge on any atom is -0.468 e. The van der Waals surface area contributed by atoms with E-state index in [1.54, 1.807) is 6.92 Å². The van der Waals surface area contributed by atoms with E-state index in [0.29, 0.717) is 0 Å². The van der Waals surface area contributed by atoms with Crippen LogP contribution in [0.15, 0.2) is 23.2 Å². The Morgan fingerprint density at radius 3 is 2.70 bits per heavy atom. The number of sulfonamides is 1. The zero-order valence-electron chi connectivity index (χ0n) is 11.1. The molecular weight excluding hydrogens is 302 g/mol. The lowest BCUT2D eigenvalue weighted by Gasteiger charge is -2.20. The van der Waals surface area contributed by atoms with Gasteiger partial charge in [0, 0.05) is 12.7 Å². The summed E-state index contributed by atoms with van der Waals surface area (Å²) in [5, 5.41) is 0. The number of hydrogen-bond donors (Lipinski definition) is 1. The second kappa shape index (κ2) is 6.73. The fraction of sp³-hybridized carbons (Fsp3) is 0.364. The predicted octanol–water partition coefficient (Wildman–Crippen LogP) is -0.101. The number of aromatic nitrogens is 1. The van der Waals surface area contributed by atoms with E-state index in [1.807, 2.05) is 0 Å². The number of likely N-dealkylation sites (N-methyl/N-ethyl adjacent to an activating group) is 1. The van der Waals surface area contributed by atoms with E-state index in [2.05, 4.69) is 9.72 Å². The van der Waals surface area contributed by atoms with E-state index in [9.17, 15) is 13.2 Å². The van der Waals surface area contributed by atoms with Gasteiger partial charge in [0.2, 0.25) is 10.0 Å². The first-order valence-corrected chi connectivity index (χ1v) is 7.51. The van der Waals surface area contributed by atoms with Gasteiger partial charge in [0.25, 0.3) is 0 Å². The van der Waals surface area contributed by atoms with Crippen molar-refractivity contribution in [1.29, 1.82) is 0 Å². The number of carbonyl (C=O) groups excluding carboxylic acids is 1. The van der Waals surface area contributed by atoms with Crippen molar-refractivity contribution >= 4 is 33.2 Å². The molecule has 1 rings (SSSR count). The Bertz CT molecular complexity index is 616. The standard InChI is InChI=1S/C11H15N3O4S2/c1-3-14(7-9(15)18-2)20(16,17)8-5-4-6-13-10(8)11(12)19/h4-6H,3,7H2,1-2H3,(H2,12,19). The van der Waals surface area contributed by atoms with Crippen LogP contribution in [0, 0.1) is 0 Å². The summed E-state index contributed by atoms with van der Waals surface area (Å²) in [6.07, 6.45) is 1.39. The summed E-state index contributed by atoms with van der Waals surface area (Å²) in [6.45, 7) is 1.32. The highest BCUT2D eigenvalue weighted by atomic mass is 32.2. The zero-order chi connectivity index (χ0) is 15.3. The Kier molecular flexibility index (Phi) is 5.54. The molecule has 0 spiro atoms. The van der Waals surface area contributed by atoms with Crippen molar-refractivity contribution in [2.24, 2.45) is 5.73 Å². The van der Waals surface area contributed by atoms with E-state index in [0.717, 1.165) is 4.31 Å². The average Bonchev–Trinajstić information content (AvgIpc) is 2.44. The second-order valence-corrected chi connectivity index (χ2v) is 6.07. The molecule has 0 fully saturated rings. The molecule has 0 saturated heterocycles. The molecule has 1 aromatic heterocycles. The van der Waals surface area contributed by atoms with Crippen LogP contribution in [0.5, 0.6) is 0 Å². The molecule has 0 saturated carbocycles. The topological polar surface area (TPSA) is 103 Å². The van der Waals surface area contributed by atoms with Gasteiger partial charge in [-0.3, -0.25) is 9.78 Å². The van der Waals surface area contributed by atoms with Gasteiger partial charge >= 0.3 is 5.97 Å². The molecule has 0 aromatic carbocycles. The summed E-state index contributed by atoms with van der Waals surface area (Å²) in [4.78, 5) is 14.9. The Morgan fingerprint density at radius 2 is 2.20 bits per heavy atom. The van der Waals surface area contributed by atoms with Gasteiger partial charge in [0.1, 0.15) is 22.1 Å². The summed E-state index contributed by atoms with van der Waals surface area (Å²) >= 11 is 4.79. The van der Waals surface area contributed by atoms with Crippen LogP contribution in [0.25, 0.3) is 0 Å². The maximum atomic E-state index is 12.5. The number of rotatable bonds is 6. The predicted molar refractivity (Wildman–Crippen MR) is 76.6 cm³/mol. The first-order valence-electron chi connectivity index (χ1n) is 5.66. The Balaban J connectivity index is 3.28. The molecule has 2 N–H and O–H groups in total. The number of ether oxygens (including phenoxy) is 1. The lowest BCUT2D eigenvalue weighted by molar-refractivity contribution is -0.140. The number of nitrogens with zero attached hydrogens (tertiary/aromatic N) is 2. The number of thiocarbonyl (C=S) groups is 1. The minimum atomic E-state index is -3.93. The minimum absolute atomic E-state index is 0.00539. The van der Waals surface area contributed by atoms with Crippen LogP contribution in [0.4, 0.5) is 0 Å². The van der Waals surface area contributed by atoms with Gasteiger partial charge in [0.15, 0.2) is 0 Å². The molecular formula is C11H15N3O4S2. The Labute approximate surface area is 122 Å². The highest BCUT2D eigenvalue weighted by Gasteiger charge is 2.29. The number of hydrogen-bond acceptors (Lipinski definition) is 6. The molecule has 1 aromatic rings. The zero-order valence-corrected chi connectivity index (χ0v) is 12.7. The van der Waals surface area contributed by atoms with E-state index < -0.39 is 16.0 Å². The van der Waals surface area contributed by atoms with Gasteiger partial charge in [-0.05, 0) is 12.1 Å². The van der Waals surface area contributed by atoms with Crippen molar-refractivity contribution in [2.75, 3.05) is 20.2 Å². The molecule has 9 heteroatoms. The highest BCUT2D eigenvalue weighted by Crippen LogP contribution is 2.18. The van der Waals surface area contributed by atoms with E-state index >= 15 is 0 Å². The fourth-order valence-electron chi connectivity index (χ4n) is 1.50. The van der Waals surface area contributed by atoms with E-state index in [-0.39, 0.29) is 28.7 Å². The van der Waals surface area contributed by atoms with Crippen LogP contribution in [0.1, 0.15) is 12.6 Å². The normalized spacial score (nSPS) is 11.3. The van der Waals surface area contributed by atoms with Gasteiger partial charge in [-0.15, -0.1) is 0 Å². The van der Waals surface area contributed by atoms with E-state index in [1.165, 1.54) is 25.4 Å². The number of esters is 1. The second-order valence-electron chi connectivity index (χ2n) is 3.72. The summed E-state index contributed by atoms with van der Waals surface area (Å²) in [7, 11) is -2.74. The number of nitrogens with two attached hydrogens (primary N) is 1. The molecule has 0 unspecified atom stereocenters. The van der Waals surface area contributed by atoms with E-state index in [4.69, 9.17) is 18.0 Å². The molecule has 0 aliphatic heterocycles. The highest BCUT2D eigenvalue weighted by molar-refractivity contribution is 7.89. The summed E-state index contributed by atoms with van der Waals surface area (Å²) in [5.41, 5.74) is 5.48. The first-order chi connectivity index (χ1) is 9.34. The van der Waals surface area contributed by atoms with Gasteiger partial charge in [-0.1, -0.05) is 19.1 Å². The third-order valence-corrected chi connectivity index (χ3v) is 4.65. The molecule has 0 radical (unpaired) electrons. The maximum absolute atomic E-state index is 12.5. The summed E-state index contributed by atoms with van der Waals surface area (Å²) in [6, 6.07) is 2.80. The Hall–Kier alpha value is -1.58. The van der Waals surface area contributed by atoms with Gasteiger partial charge in [0.05, 0.1) is 7.11 Å². The summed E-state index contributed by atoms with van der Waals surface area (Å²) < 4.78 is 30.5. The van der Waals surface area contributed by atoms with Crippen LogP contribution in [0.3, 0.4) is 0 Å². The number of methoxy groups -OCH3 is 1. The smallest absolute Gasteiger partial charge is 0.321 e. The molecule has 0 aliphatic rings. The SMILES string of the molecule is CCN(CC(=O)OC)S(=O)(=O)c1cccnc1C(N)=S. The molecule has 0 atom stereocenters. The number of pyridine rings is 1. The fourth-order valence-corrected chi connectivity index (χ4v) is 3.28. The van der Waals surface area contributed by atoms with Crippen LogP contribution >= 0.6 is 12.2 Å². The molecule has 0 aliphatic carbocycles. The largest absolute Gasteiger partial charge is 0.468 e. The lowest BCUT2D eigenvalue weighted by atomic mass is 10.3. The van der Waals surface area contributed by atoms with Crippen molar-refractivity contribution in [1.82, 2.24) is 9.29 Å². The molecule has 0 amide bonds. The lowest BCUT2D eigenvalue weighted by Crippen LogP contribution is -2.37. The van der Waals surface area contributed by atoms with Crippen molar-refractivity contribution in [3.8, 4) is 0 Å². The quantitative estimate of drug-likeness (QED) is 0.577. The van der Waals surface area contributed by atoms with Crippen molar-refractivity contribution in [3.63, 3.8) is 0 Å². The van der Waals surface area contributed by atoms with Crippen LogP contribution in [-0.4, -0.2) is 48.9 Å². The van der Waals surface area contributed by atoms with Gasteiger partial charge < -0.3 is 10.5 Å². The van der Waals surface area contributed by atoms with Crippen molar-refractivity contribution < 1.29 is 17.9 Å². The Morgan fingerprint density at radius 1 is 1.55 bits per heavy atom. The van der Waals surface area contributed by atoms with Crippen LogP contribution in [0.2, 0.25) is 0 Å². The monoisotopic (exact) mass is 317 g/mol. The molecule has 110 valence electrons. The van der Waals surface area contributed by atoms with Crippen molar-refractivity contribution in [3.05, 3.63) is 24.0 Å². The van der Waals surface area contributed by atoms with Gasteiger partial charge in [-0.25, -0.2) is 8.42 Å². The third kappa shape index (κ3) is 3.50.